The van der Waals surface area contributed by atoms with E-state index in [4.69, 9.17) is 0 Å². The minimum atomic E-state index is -0.133. The quantitative estimate of drug-likeness (QED) is 0.524. The van der Waals surface area contributed by atoms with E-state index >= 15 is 0 Å². The summed E-state index contributed by atoms with van der Waals surface area (Å²) in [6, 6.07) is 20.0. The molecule has 2 heterocycles. The molecule has 4 rings (SSSR count). The molecule has 0 saturated heterocycles. The SMILES string of the molecule is CC(C)c1ccc(-n2ccc(NC(=O)c3cc4ccccc4s3)n2)cc1. The Morgan fingerprint density at radius 2 is 1.85 bits per heavy atom. The van der Waals surface area contributed by atoms with E-state index in [1.807, 2.05) is 54.7 Å². The maximum atomic E-state index is 12.5. The first-order valence-electron chi connectivity index (χ1n) is 8.56. The van der Waals surface area contributed by atoms with E-state index in [1.54, 1.807) is 4.68 Å². The van der Waals surface area contributed by atoms with Gasteiger partial charge in [0.1, 0.15) is 0 Å². The van der Waals surface area contributed by atoms with E-state index in [9.17, 15) is 4.79 Å². The Morgan fingerprint density at radius 1 is 1.08 bits per heavy atom. The lowest BCUT2D eigenvalue weighted by Crippen LogP contribution is -2.11. The molecule has 0 aliphatic rings. The second-order valence-electron chi connectivity index (χ2n) is 6.49. The zero-order valence-corrected chi connectivity index (χ0v) is 15.5. The van der Waals surface area contributed by atoms with Crippen molar-refractivity contribution in [3.63, 3.8) is 0 Å². The van der Waals surface area contributed by atoms with Gasteiger partial charge in [0.15, 0.2) is 5.82 Å². The highest BCUT2D eigenvalue weighted by molar-refractivity contribution is 7.20. The van der Waals surface area contributed by atoms with Crippen LogP contribution in [0.2, 0.25) is 0 Å². The fourth-order valence-corrected chi connectivity index (χ4v) is 3.78. The summed E-state index contributed by atoms with van der Waals surface area (Å²) in [6.07, 6.45) is 1.85. The Bertz CT molecular complexity index is 1030. The van der Waals surface area contributed by atoms with E-state index in [0.29, 0.717) is 16.6 Å². The number of nitrogens with zero attached hydrogens (tertiary/aromatic N) is 2. The number of rotatable bonds is 4. The third-order valence-corrected chi connectivity index (χ3v) is 5.42. The van der Waals surface area contributed by atoms with Crippen molar-refractivity contribution in [3.8, 4) is 5.69 Å². The largest absolute Gasteiger partial charge is 0.304 e. The van der Waals surface area contributed by atoms with Gasteiger partial charge in [-0.3, -0.25) is 4.79 Å². The van der Waals surface area contributed by atoms with Crippen molar-refractivity contribution in [2.24, 2.45) is 0 Å². The Morgan fingerprint density at radius 3 is 2.58 bits per heavy atom. The van der Waals surface area contributed by atoms with Gasteiger partial charge in [-0.05, 0) is 41.1 Å². The monoisotopic (exact) mass is 361 g/mol. The number of aromatic nitrogens is 2. The smallest absolute Gasteiger partial charge is 0.266 e. The zero-order chi connectivity index (χ0) is 18.1. The van der Waals surface area contributed by atoms with E-state index in [-0.39, 0.29) is 5.91 Å². The number of amides is 1. The number of hydrogen-bond donors (Lipinski definition) is 1. The molecule has 0 saturated carbocycles. The van der Waals surface area contributed by atoms with Crippen molar-refractivity contribution in [3.05, 3.63) is 77.3 Å². The number of nitrogens with one attached hydrogen (secondary N) is 1. The fourth-order valence-electron chi connectivity index (χ4n) is 2.82. The Balaban J connectivity index is 1.51. The first kappa shape index (κ1) is 16.5. The van der Waals surface area contributed by atoms with Gasteiger partial charge in [-0.2, -0.15) is 5.10 Å². The highest BCUT2D eigenvalue weighted by Crippen LogP contribution is 2.26. The molecule has 2 aromatic heterocycles. The summed E-state index contributed by atoms with van der Waals surface area (Å²) >= 11 is 1.49. The molecule has 0 aliphatic heterocycles. The maximum Gasteiger partial charge on any atom is 0.266 e. The van der Waals surface area contributed by atoms with Crippen molar-refractivity contribution in [2.45, 2.75) is 19.8 Å². The van der Waals surface area contributed by atoms with Crippen molar-refractivity contribution in [1.82, 2.24) is 9.78 Å². The highest BCUT2D eigenvalue weighted by Gasteiger charge is 2.12. The predicted octanol–water partition coefficient (Wildman–Crippen LogP) is 5.46. The van der Waals surface area contributed by atoms with Gasteiger partial charge in [-0.15, -0.1) is 11.3 Å². The lowest BCUT2D eigenvalue weighted by atomic mass is 10.0. The van der Waals surface area contributed by atoms with Crippen LogP contribution < -0.4 is 5.32 Å². The Hall–Kier alpha value is -2.92. The average Bonchev–Trinajstić information content (AvgIpc) is 3.28. The molecule has 4 aromatic rings. The molecule has 26 heavy (non-hydrogen) atoms. The van der Waals surface area contributed by atoms with Gasteiger partial charge < -0.3 is 5.32 Å². The first-order valence-corrected chi connectivity index (χ1v) is 9.38. The van der Waals surface area contributed by atoms with Gasteiger partial charge in [0.05, 0.1) is 10.6 Å². The fraction of sp³-hybridized carbons (Fsp3) is 0.143. The highest BCUT2D eigenvalue weighted by atomic mass is 32.1. The van der Waals surface area contributed by atoms with Crippen LogP contribution in [0, 0.1) is 0 Å². The van der Waals surface area contributed by atoms with Crippen LogP contribution in [0.3, 0.4) is 0 Å². The van der Waals surface area contributed by atoms with Gasteiger partial charge in [0.2, 0.25) is 0 Å². The van der Waals surface area contributed by atoms with Crippen LogP contribution in [0.1, 0.15) is 35.0 Å². The van der Waals surface area contributed by atoms with Crippen LogP contribution in [0.15, 0.2) is 66.9 Å². The van der Waals surface area contributed by atoms with Crippen molar-refractivity contribution in [1.29, 1.82) is 0 Å². The second-order valence-corrected chi connectivity index (χ2v) is 7.58. The van der Waals surface area contributed by atoms with Gasteiger partial charge >= 0.3 is 0 Å². The van der Waals surface area contributed by atoms with Crippen LogP contribution in [-0.4, -0.2) is 15.7 Å². The summed E-state index contributed by atoms with van der Waals surface area (Å²) in [5.41, 5.74) is 2.26. The van der Waals surface area contributed by atoms with Crippen LogP contribution >= 0.6 is 11.3 Å². The van der Waals surface area contributed by atoms with Crippen LogP contribution in [0.4, 0.5) is 5.82 Å². The lowest BCUT2D eigenvalue weighted by Gasteiger charge is -2.07. The molecular weight excluding hydrogens is 342 g/mol. The topological polar surface area (TPSA) is 46.9 Å². The summed E-state index contributed by atoms with van der Waals surface area (Å²) in [6.45, 7) is 4.34. The minimum absolute atomic E-state index is 0.133. The summed E-state index contributed by atoms with van der Waals surface area (Å²) in [5.74, 6) is 0.907. The molecule has 5 heteroatoms. The van der Waals surface area contributed by atoms with Crippen LogP contribution in [0.25, 0.3) is 15.8 Å². The van der Waals surface area contributed by atoms with Crippen molar-refractivity contribution >= 4 is 33.1 Å². The van der Waals surface area contributed by atoms with Gasteiger partial charge in [0, 0.05) is 17.0 Å². The summed E-state index contributed by atoms with van der Waals surface area (Å²) in [4.78, 5) is 13.2. The molecule has 1 N–H and O–H groups in total. The molecule has 0 unspecified atom stereocenters. The maximum absolute atomic E-state index is 12.5. The molecular formula is C21H19N3OS. The Labute approximate surface area is 156 Å². The van der Waals surface area contributed by atoms with Crippen molar-refractivity contribution in [2.75, 3.05) is 5.32 Å². The third kappa shape index (κ3) is 3.26. The summed E-state index contributed by atoms with van der Waals surface area (Å²) in [5, 5.41) is 8.42. The minimum Gasteiger partial charge on any atom is -0.304 e. The normalized spacial score (nSPS) is 11.2. The third-order valence-electron chi connectivity index (χ3n) is 4.30. The zero-order valence-electron chi connectivity index (χ0n) is 14.6. The molecule has 130 valence electrons. The molecule has 0 bridgehead atoms. The average molecular weight is 361 g/mol. The van der Waals surface area contributed by atoms with Gasteiger partial charge in [-0.1, -0.05) is 44.2 Å². The molecule has 4 nitrogen and oxygen atoms in total. The van der Waals surface area contributed by atoms with Crippen LogP contribution in [-0.2, 0) is 0 Å². The predicted molar refractivity (Wildman–Crippen MR) is 107 cm³/mol. The second kappa shape index (κ2) is 6.77. The van der Waals surface area contributed by atoms with E-state index in [2.05, 4.69) is 36.4 Å². The standard InChI is InChI=1S/C21H19N3OS/c1-14(2)15-7-9-17(10-8-15)24-12-11-20(23-24)22-21(25)19-13-16-5-3-4-6-18(16)26-19/h3-14H,1-2H3,(H,22,23,25). The number of fused-ring (bicyclic) bond motifs is 1. The summed E-state index contributed by atoms with van der Waals surface area (Å²) < 4.78 is 2.87. The van der Waals surface area contributed by atoms with Crippen molar-refractivity contribution < 1.29 is 4.79 Å². The molecule has 2 aromatic carbocycles. The Kier molecular flexibility index (Phi) is 4.31. The number of anilines is 1. The molecule has 0 radical (unpaired) electrons. The lowest BCUT2D eigenvalue weighted by molar-refractivity contribution is 0.103. The number of thiophene rings is 1. The molecule has 1 amide bonds. The summed E-state index contributed by atoms with van der Waals surface area (Å²) in [7, 11) is 0. The molecule has 0 spiro atoms. The molecule has 0 atom stereocenters. The van der Waals surface area contributed by atoms with Gasteiger partial charge in [0.25, 0.3) is 5.91 Å². The number of hydrogen-bond acceptors (Lipinski definition) is 3. The molecule has 0 fully saturated rings. The number of carbonyl (C=O) groups is 1. The molecule has 0 aliphatic carbocycles. The van der Waals surface area contributed by atoms with E-state index < -0.39 is 0 Å². The number of benzene rings is 2. The number of carbonyl (C=O) groups excluding carboxylic acids is 1. The van der Waals surface area contributed by atoms with Crippen LogP contribution in [0.5, 0.6) is 0 Å². The van der Waals surface area contributed by atoms with E-state index in [1.165, 1.54) is 16.9 Å². The van der Waals surface area contributed by atoms with Gasteiger partial charge in [-0.25, -0.2) is 4.68 Å². The van der Waals surface area contributed by atoms with E-state index in [0.717, 1.165) is 15.8 Å². The first-order chi connectivity index (χ1) is 12.6.